The maximum absolute atomic E-state index is 2.43. The molecule has 0 bridgehead atoms. The molecule has 2 heteroatoms. The highest BCUT2D eigenvalue weighted by atomic mass is 32.1. The van der Waals surface area contributed by atoms with Gasteiger partial charge in [-0.1, -0.05) is 40.4 Å². The number of hydrogen-bond acceptors (Lipinski definition) is 1. The Morgan fingerprint density at radius 2 is 1.71 bits per heavy atom. The number of thiophene rings is 1. The van der Waals surface area contributed by atoms with Crippen LogP contribution in [0.25, 0.3) is 0 Å². The van der Waals surface area contributed by atoms with Gasteiger partial charge in [-0.05, 0) is 23.6 Å². The third-order valence-electron chi connectivity index (χ3n) is 2.11. The fraction of sp³-hybridized carbons (Fsp3) is 0.667. The smallest absolute Gasteiger partial charge is 0.0497 e. The first-order valence-corrected chi connectivity index (χ1v) is 9.80. The first-order valence-electron chi connectivity index (χ1n) is 5.28. The highest BCUT2D eigenvalue weighted by Gasteiger charge is 2.19. The topological polar surface area (TPSA) is 0 Å². The molecule has 0 unspecified atom stereocenters. The van der Waals surface area contributed by atoms with Gasteiger partial charge >= 0.3 is 0 Å². The normalized spacial score (nSPS) is 13.3. The summed E-state index contributed by atoms with van der Waals surface area (Å²) in [7, 11) is -0.933. The van der Waals surface area contributed by atoms with Crippen molar-refractivity contribution in [2.75, 3.05) is 0 Å². The molecule has 0 saturated heterocycles. The van der Waals surface area contributed by atoms with E-state index in [1.54, 1.807) is 4.88 Å². The molecule has 0 fully saturated rings. The summed E-state index contributed by atoms with van der Waals surface area (Å²) in [5.41, 5.74) is 0.322. The summed E-state index contributed by atoms with van der Waals surface area (Å²) in [5, 5.41) is 0. The van der Waals surface area contributed by atoms with Crippen molar-refractivity contribution in [1.29, 1.82) is 0 Å². The fourth-order valence-electron chi connectivity index (χ4n) is 1.40. The van der Waals surface area contributed by atoms with Crippen molar-refractivity contribution in [2.45, 2.75) is 51.9 Å². The largest absolute Gasteiger partial charge is 0.145 e. The van der Waals surface area contributed by atoms with Crippen molar-refractivity contribution in [3.8, 4) is 0 Å². The zero-order chi connectivity index (χ0) is 11.0. The van der Waals surface area contributed by atoms with Crippen LogP contribution in [0.1, 0.15) is 30.5 Å². The van der Waals surface area contributed by atoms with Crippen molar-refractivity contribution < 1.29 is 0 Å². The van der Waals surface area contributed by atoms with Gasteiger partial charge in [-0.15, -0.1) is 11.3 Å². The van der Waals surface area contributed by atoms with Crippen molar-refractivity contribution in [3.63, 3.8) is 0 Å². The lowest BCUT2D eigenvalue weighted by atomic mass is 9.95. The Bertz CT molecular complexity index is 299. The second-order valence-electron chi connectivity index (χ2n) is 6.25. The Kier molecular flexibility index (Phi) is 3.27. The highest BCUT2D eigenvalue weighted by molar-refractivity contribution is 7.12. The zero-order valence-electron chi connectivity index (χ0n) is 10.3. The molecule has 1 rings (SSSR count). The summed E-state index contributed by atoms with van der Waals surface area (Å²) >= 11 is 2.00. The van der Waals surface area contributed by atoms with Crippen LogP contribution in [0.2, 0.25) is 19.6 Å². The Morgan fingerprint density at radius 1 is 1.14 bits per heavy atom. The molecule has 0 aromatic carbocycles. The molecule has 0 radical (unpaired) electrons. The molecule has 1 heterocycles. The van der Waals surface area contributed by atoms with E-state index >= 15 is 0 Å². The molecule has 1 aromatic heterocycles. The van der Waals surface area contributed by atoms with Crippen molar-refractivity contribution >= 4 is 19.4 Å². The molecule has 0 spiro atoms. The molecule has 0 aliphatic heterocycles. The van der Waals surface area contributed by atoms with Crippen LogP contribution in [0.5, 0.6) is 0 Å². The zero-order valence-corrected chi connectivity index (χ0v) is 12.1. The van der Waals surface area contributed by atoms with Crippen molar-refractivity contribution in [1.82, 2.24) is 0 Å². The minimum Gasteiger partial charge on any atom is -0.145 e. The molecular formula is C12H22SSi. The van der Waals surface area contributed by atoms with E-state index in [0.717, 1.165) is 0 Å². The fourth-order valence-corrected chi connectivity index (χ4v) is 5.01. The van der Waals surface area contributed by atoms with Gasteiger partial charge in [0.25, 0.3) is 0 Å². The quantitative estimate of drug-likeness (QED) is 0.653. The Hall–Kier alpha value is -0.0831. The van der Waals surface area contributed by atoms with Crippen LogP contribution < -0.4 is 0 Å². The van der Waals surface area contributed by atoms with Crippen LogP contribution in [-0.4, -0.2) is 8.07 Å². The van der Waals surface area contributed by atoms with E-state index < -0.39 is 8.07 Å². The molecule has 0 N–H and O–H groups in total. The van der Waals surface area contributed by atoms with E-state index in [1.807, 2.05) is 11.3 Å². The molecule has 0 aliphatic rings. The van der Waals surface area contributed by atoms with E-state index in [9.17, 15) is 0 Å². The van der Waals surface area contributed by atoms with Gasteiger partial charge in [-0.25, -0.2) is 0 Å². The SMILES string of the molecule is CC(C)(C)c1ccc(C[Si](C)(C)C)s1. The number of hydrogen-bond donors (Lipinski definition) is 0. The van der Waals surface area contributed by atoms with Gasteiger partial charge < -0.3 is 0 Å². The lowest BCUT2D eigenvalue weighted by Gasteiger charge is -2.16. The van der Waals surface area contributed by atoms with Crippen LogP contribution in [0, 0.1) is 0 Å². The van der Waals surface area contributed by atoms with Crippen LogP contribution in [0.3, 0.4) is 0 Å². The predicted octanol–water partition coefficient (Wildman–Crippen LogP) is 4.47. The summed E-state index contributed by atoms with van der Waals surface area (Å²) in [6.07, 6.45) is 0. The van der Waals surface area contributed by atoms with Crippen molar-refractivity contribution in [3.05, 3.63) is 21.9 Å². The summed E-state index contributed by atoms with van der Waals surface area (Å²) < 4.78 is 0. The molecular weight excluding hydrogens is 204 g/mol. The number of rotatable bonds is 2. The Morgan fingerprint density at radius 3 is 2.07 bits per heavy atom. The van der Waals surface area contributed by atoms with Gasteiger partial charge in [-0.3, -0.25) is 0 Å². The third-order valence-corrected chi connectivity index (χ3v) is 5.31. The molecule has 1 aromatic rings. The summed E-state index contributed by atoms with van der Waals surface area (Å²) in [5.74, 6) is 0. The Balaban J connectivity index is 2.79. The maximum atomic E-state index is 2.43. The Labute approximate surface area is 93.4 Å². The first-order chi connectivity index (χ1) is 6.18. The second kappa shape index (κ2) is 3.82. The van der Waals surface area contributed by atoms with Crippen LogP contribution in [0.4, 0.5) is 0 Å². The third kappa shape index (κ3) is 3.58. The predicted molar refractivity (Wildman–Crippen MR) is 70.1 cm³/mol. The molecule has 0 aliphatic carbocycles. The molecule has 0 nitrogen and oxygen atoms in total. The van der Waals surface area contributed by atoms with Gasteiger partial charge in [0.05, 0.1) is 0 Å². The minimum atomic E-state index is -0.933. The molecule has 0 saturated carbocycles. The van der Waals surface area contributed by atoms with Crippen LogP contribution >= 0.6 is 11.3 Å². The molecule has 0 amide bonds. The minimum absolute atomic E-state index is 0.322. The van der Waals surface area contributed by atoms with E-state index in [1.165, 1.54) is 10.9 Å². The monoisotopic (exact) mass is 226 g/mol. The standard InChI is InChI=1S/C12H22SSi/c1-12(2,3)11-8-7-10(13-11)9-14(4,5)6/h7-8H,9H2,1-6H3. The first kappa shape index (κ1) is 12.0. The van der Waals surface area contributed by atoms with E-state index in [4.69, 9.17) is 0 Å². The van der Waals surface area contributed by atoms with Gasteiger partial charge in [-0.2, -0.15) is 0 Å². The van der Waals surface area contributed by atoms with E-state index in [-0.39, 0.29) is 0 Å². The van der Waals surface area contributed by atoms with Crippen molar-refractivity contribution in [2.24, 2.45) is 0 Å². The highest BCUT2D eigenvalue weighted by Crippen LogP contribution is 2.30. The van der Waals surface area contributed by atoms with Gasteiger partial charge in [0, 0.05) is 17.8 Å². The lowest BCUT2D eigenvalue weighted by Crippen LogP contribution is -2.23. The second-order valence-corrected chi connectivity index (χ2v) is 12.9. The molecule has 0 atom stereocenters. The van der Waals surface area contributed by atoms with Crippen LogP contribution in [0.15, 0.2) is 12.1 Å². The molecule has 80 valence electrons. The van der Waals surface area contributed by atoms with Gasteiger partial charge in [0.2, 0.25) is 0 Å². The van der Waals surface area contributed by atoms with E-state index in [0.29, 0.717) is 5.41 Å². The molecule has 14 heavy (non-hydrogen) atoms. The summed E-state index contributed by atoms with van der Waals surface area (Å²) in [4.78, 5) is 3.10. The maximum Gasteiger partial charge on any atom is 0.0497 e. The average molecular weight is 226 g/mol. The van der Waals surface area contributed by atoms with Gasteiger partial charge in [0.1, 0.15) is 0 Å². The van der Waals surface area contributed by atoms with Gasteiger partial charge in [0.15, 0.2) is 0 Å². The average Bonchev–Trinajstić information content (AvgIpc) is 2.29. The summed E-state index contributed by atoms with van der Waals surface area (Å²) in [6.45, 7) is 14.2. The van der Waals surface area contributed by atoms with E-state index in [2.05, 4.69) is 52.5 Å². The van der Waals surface area contributed by atoms with Crippen LogP contribution in [-0.2, 0) is 11.5 Å². The lowest BCUT2D eigenvalue weighted by molar-refractivity contribution is 0.604. The summed E-state index contributed by atoms with van der Waals surface area (Å²) in [6, 6.07) is 5.96.